The summed E-state index contributed by atoms with van der Waals surface area (Å²) in [6.45, 7) is 17.9. The van der Waals surface area contributed by atoms with Crippen molar-refractivity contribution in [3.05, 3.63) is 25.3 Å². The van der Waals surface area contributed by atoms with Gasteiger partial charge in [-0.05, 0) is 31.6 Å². The van der Waals surface area contributed by atoms with Crippen LogP contribution in [0.5, 0.6) is 0 Å². The molecule has 0 aromatic heterocycles. The van der Waals surface area contributed by atoms with Gasteiger partial charge in [0.05, 0.1) is 24.2 Å². The highest BCUT2D eigenvalue weighted by Gasteiger charge is 2.80. The van der Waals surface area contributed by atoms with Crippen LogP contribution in [0.4, 0.5) is 0 Å². The number of hydrogen-bond acceptors (Lipinski definition) is 6. The van der Waals surface area contributed by atoms with Gasteiger partial charge in [0.25, 0.3) is 0 Å². The van der Waals surface area contributed by atoms with Crippen molar-refractivity contribution in [1.29, 1.82) is 0 Å². The molecule has 3 fully saturated rings. The van der Waals surface area contributed by atoms with E-state index >= 15 is 0 Å². The molecule has 3 aliphatic heterocycles. The maximum Gasteiger partial charge on any atom is 0.313 e. The second-order valence-corrected chi connectivity index (χ2v) is 11.1. The van der Waals surface area contributed by atoms with Gasteiger partial charge in [-0.25, -0.2) is 0 Å². The lowest BCUT2D eigenvalue weighted by Crippen LogP contribution is -2.59. The average molecular weight is 505 g/mol. The Labute approximate surface area is 215 Å². The fourth-order valence-corrected chi connectivity index (χ4v) is 6.70. The average Bonchev–Trinajstić information content (AvgIpc) is 3.34. The number of likely N-dealkylation sites (tertiary alicyclic amines) is 1. The van der Waals surface area contributed by atoms with Gasteiger partial charge in [-0.2, -0.15) is 0 Å². The lowest BCUT2D eigenvalue weighted by Gasteiger charge is -2.40. The Hall–Kier alpha value is -2.19. The molecule has 0 aromatic rings. The molecule has 3 saturated heterocycles. The molecule has 0 radical (unpaired) electrons. The number of amides is 2. The number of carbonyl (C=O) groups excluding carboxylic acids is 3. The Morgan fingerprint density at radius 2 is 2.00 bits per heavy atom. The summed E-state index contributed by atoms with van der Waals surface area (Å²) in [6.07, 6.45) is 6.50. The van der Waals surface area contributed by atoms with Crippen molar-refractivity contribution in [2.45, 2.75) is 83.6 Å². The van der Waals surface area contributed by atoms with Crippen LogP contribution < -0.4 is 0 Å². The van der Waals surface area contributed by atoms with Crippen LogP contribution in [0.2, 0.25) is 0 Å². The molecule has 2 amide bonds. The van der Waals surface area contributed by atoms with E-state index in [1.807, 2.05) is 27.7 Å². The van der Waals surface area contributed by atoms with E-state index in [1.54, 1.807) is 15.9 Å². The number of esters is 1. The predicted molar refractivity (Wildman–Crippen MR) is 137 cm³/mol. The third-order valence-electron chi connectivity index (χ3n) is 8.59. The van der Waals surface area contributed by atoms with Gasteiger partial charge in [-0.15, -0.1) is 6.58 Å². The Kier molecular flexibility index (Phi) is 8.71. The Morgan fingerprint density at radius 1 is 1.31 bits per heavy atom. The molecule has 2 bridgehead atoms. The first kappa shape index (κ1) is 28.4. The van der Waals surface area contributed by atoms with E-state index in [2.05, 4.69) is 20.1 Å². The van der Waals surface area contributed by atoms with E-state index in [9.17, 15) is 19.5 Å². The predicted octanol–water partition coefficient (Wildman–Crippen LogP) is 2.95. The first-order valence-corrected chi connectivity index (χ1v) is 13.4. The van der Waals surface area contributed by atoms with Crippen molar-refractivity contribution in [2.75, 3.05) is 26.3 Å². The molecule has 3 rings (SSSR count). The van der Waals surface area contributed by atoms with E-state index in [0.717, 1.165) is 19.3 Å². The summed E-state index contributed by atoms with van der Waals surface area (Å²) in [5.74, 6) is -2.89. The maximum absolute atomic E-state index is 14.3. The molecule has 0 aliphatic carbocycles. The quantitative estimate of drug-likeness (QED) is 0.235. The zero-order chi connectivity index (χ0) is 26.8. The van der Waals surface area contributed by atoms with Crippen LogP contribution >= 0.6 is 0 Å². The number of nitrogens with zero attached hydrogens (tertiary/aromatic N) is 2. The van der Waals surface area contributed by atoms with Gasteiger partial charge < -0.3 is 24.4 Å². The van der Waals surface area contributed by atoms with Gasteiger partial charge in [-0.1, -0.05) is 59.3 Å². The zero-order valence-corrected chi connectivity index (χ0v) is 22.6. The summed E-state index contributed by atoms with van der Waals surface area (Å²) in [5.41, 5.74) is -2.09. The van der Waals surface area contributed by atoms with Crippen LogP contribution in [-0.4, -0.2) is 82.3 Å². The largest absolute Gasteiger partial charge is 0.461 e. The number of hydrogen-bond donors (Lipinski definition) is 1. The van der Waals surface area contributed by atoms with Crippen molar-refractivity contribution >= 4 is 17.8 Å². The van der Waals surface area contributed by atoms with Crippen molar-refractivity contribution in [3.63, 3.8) is 0 Å². The minimum atomic E-state index is -1.16. The van der Waals surface area contributed by atoms with Gasteiger partial charge in [-0.3, -0.25) is 14.4 Å². The van der Waals surface area contributed by atoms with Gasteiger partial charge in [0.2, 0.25) is 11.8 Å². The molecular weight excluding hydrogens is 460 g/mol. The normalized spacial score (nSPS) is 33.5. The lowest BCUT2D eigenvalue weighted by molar-refractivity contribution is -0.163. The van der Waals surface area contributed by atoms with Crippen LogP contribution in [0.1, 0.15) is 60.3 Å². The van der Waals surface area contributed by atoms with Crippen LogP contribution in [0.3, 0.4) is 0 Å². The van der Waals surface area contributed by atoms with Crippen molar-refractivity contribution in [1.82, 2.24) is 9.80 Å². The van der Waals surface area contributed by atoms with E-state index in [-0.39, 0.29) is 36.9 Å². The third-order valence-corrected chi connectivity index (χ3v) is 8.59. The van der Waals surface area contributed by atoms with Crippen LogP contribution in [-0.2, 0) is 23.9 Å². The van der Waals surface area contributed by atoms with Crippen molar-refractivity contribution < 1.29 is 29.0 Å². The molecule has 8 heteroatoms. The smallest absolute Gasteiger partial charge is 0.313 e. The fourth-order valence-electron chi connectivity index (χ4n) is 6.70. The van der Waals surface area contributed by atoms with Crippen LogP contribution in [0.15, 0.2) is 25.3 Å². The van der Waals surface area contributed by atoms with E-state index in [1.165, 1.54) is 6.08 Å². The van der Waals surface area contributed by atoms with Crippen LogP contribution in [0.25, 0.3) is 0 Å². The van der Waals surface area contributed by atoms with E-state index in [4.69, 9.17) is 9.47 Å². The standard InChI is InChI=1S/C28H44N2O6/c1-8-11-12-14-29(13-9-2)25(33)23-28-16-19(6)27(7,36-28)22(26(34)35-15-10-3)21(28)24(32)30(23)20(17-31)18(4)5/h9-10,18-23,31H,2-3,8,11-17H2,1,4-7H3/t19?,20-,21-,22-,23?,27+,28?/m0/s1. The van der Waals surface area contributed by atoms with Gasteiger partial charge in [0.1, 0.15) is 24.2 Å². The van der Waals surface area contributed by atoms with Gasteiger partial charge >= 0.3 is 5.97 Å². The topological polar surface area (TPSA) is 96.4 Å². The zero-order valence-electron chi connectivity index (χ0n) is 22.6. The molecule has 8 nitrogen and oxygen atoms in total. The van der Waals surface area contributed by atoms with Gasteiger partial charge in [0, 0.05) is 13.1 Å². The first-order valence-electron chi connectivity index (χ1n) is 13.4. The minimum absolute atomic E-state index is 0.0373. The second kappa shape index (κ2) is 11.1. The Balaban J connectivity index is 2.13. The minimum Gasteiger partial charge on any atom is -0.461 e. The number of fused-ring (bicyclic) bond motifs is 1. The molecule has 202 valence electrons. The van der Waals surface area contributed by atoms with Crippen molar-refractivity contribution in [2.24, 2.45) is 23.7 Å². The highest BCUT2D eigenvalue weighted by molar-refractivity contribution is 5.98. The summed E-state index contributed by atoms with van der Waals surface area (Å²) in [5, 5.41) is 10.3. The SMILES string of the molecule is C=CCOC(=O)[C@@H]1[C@H]2C(=O)N([C@@H](CO)C(C)C)C(C(=O)N(CC=C)CCCCC)C23CC(C)[C@@]1(C)O3. The molecule has 1 spiro atoms. The summed E-state index contributed by atoms with van der Waals surface area (Å²) in [4.78, 5) is 45.1. The number of rotatable bonds is 13. The molecule has 0 aromatic carbocycles. The number of ether oxygens (including phenoxy) is 2. The first-order chi connectivity index (χ1) is 17.0. The molecule has 7 atom stereocenters. The number of aliphatic hydroxyl groups excluding tert-OH is 1. The molecule has 3 aliphatic rings. The molecule has 1 N–H and O–H groups in total. The summed E-state index contributed by atoms with van der Waals surface area (Å²) in [7, 11) is 0. The summed E-state index contributed by atoms with van der Waals surface area (Å²) >= 11 is 0. The molecule has 3 heterocycles. The number of unbranched alkanes of at least 4 members (excludes halogenated alkanes) is 2. The Bertz CT molecular complexity index is 874. The third kappa shape index (κ3) is 4.40. The molecule has 3 unspecified atom stereocenters. The Morgan fingerprint density at radius 3 is 2.56 bits per heavy atom. The highest BCUT2D eigenvalue weighted by atomic mass is 16.6. The molecule has 36 heavy (non-hydrogen) atoms. The molecule has 0 saturated carbocycles. The van der Waals surface area contributed by atoms with Crippen LogP contribution in [0, 0.1) is 23.7 Å². The summed E-state index contributed by atoms with van der Waals surface area (Å²) in [6, 6.07) is -1.51. The molecular formula is C28H44N2O6. The second-order valence-electron chi connectivity index (χ2n) is 11.1. The summed E-state index contributed by atoms with van der Waals surface area (Å²) < 4.78 is 12.2. The van der Waals surface area contributed by atoms with Gasteiger partial charge in [0.15, 0.2) is 0 Å². The fraction of sp³-hybridized carbons (Fsp3) is 0.750. The monoisotopic (exact) mass is 504 g/mol. The number of carbonyl (C=O) groups is 3. The number of aliphatic hydroxyl groups is 1. The van der Waals surface area contributed by atoms with Crippen molar-refractivity contribution in [3.8, 4) is 0 Å². The lowest BCUT2D eigenvalue weighted by atomic mass is 9.62. The van der Waals surface area contributed by atoms with E-state index in [0.29, 0.717) is 19.5 Å². The maximum atomic E-state index is 14.3. The van der Waals surface area contributed by atoms with E-state index < -0.39 is 41.1 Å². The highest BCUT2D eigenvalue weighted by Crippen LogP contribution is 2.65.